The van der Waals surface area contributed by atoms with E-state index in [1.165, 1.54) is 4.88 Å². The van der Waals surface area contributed by atoms with E-state index in [0.717, 1.165) is 19.3 Å². The van der Waals surface area contributed by atoms with Crippen LogP contribution in [-0.2, 0) is 10.5 Å². The first kappa shape index (κ1) is 15.2. The number of thioether (sulfide) groups is 1. The quantitative estimate of drug-likeness (QED) is 0.695. The molecule has 19 heavy (non-hydrogen) atoms. The van der Waals surface area contributed by atoms with Crippen molar-refractivity contribution in [2.24, 2.45) is 0 Å². The van der Waals surface area contributed by atoms with Crippen LogP contribution < -0.4 is 5.32 Å². The summed E-state index contributed by atoms with van der Waals surface area (Å²) in [7, 11) is 0. The van der Waals surface area contributed by atoms with E-state index < -0.39 is 0 Å². The lowest BCUT2D eigenvalue weighted by Gasteiger charge is -2.06. The molecule has 0 unspecified atom stereocenters. The number of amides is 1. The average Bonchev–Trinajstić information content (AvgIpc) is 2.78. The second-order valence-corrected chi connectivity index (χ2v) is 7.67. The molecule has 1 N–H and O–H groups in total. The number of carbonyl (C=O) groups is 1. The van der Waals surface area contributed by atoms with E-state index >= 15 is 0 Å². The molecule has 2 aromatic rings. The summed E-state index contributed by atoms with van der Waals surface area (Å²) in [5.41, 5.74) is 0.868. The van der Waals surface area contributed by atoms with Gasteiger partial charge in [0.25, 0.3) is 0 Å². The molecule has 0 atom stereocenters. The molecule has 1 aromatic carbocycles. The largest absolute Gasteiger partial charge is 0.324 e. The molecule has 0 saturated carbocycles. The summed E-state index contributed by atoms with van der Waals surface area (Å²) >= 11 is 11.2. The Morgan fingerprint density at radius 3 is 2.79 bits per heavy atom. The maximum Gasteiger partial charge on any atom is 0.234 e. The lowest BCUT2D eigenvalue weighted by Crippen LogP contribution is -2.14. The van der Waals surface area contributed by atoms with Gasteiger partial charge in [-0.05, 0) is 46.9 Å². The van der Waals surface area contributed by atoms with Gasteiger partial charge in [0.15, 0.2) is 0 Å². The maximum absolute atomic E-state index is 11.8. The molecule has 0 bridgehead atoms. The number of rotatable bonds is 5. The molecule has 0 aliphatic heterocycles. The third-order valence-corrected chi connectivity index (χ3v) is 5.59. The van der Waals surface area contributed by atoms with Crippen molar-refractivity contribution in [2.45, 2.75) is 5.75 Å². The lowest BCUT2D eigenvalue weighted by molar-refractivity contribution is -0.113. The molecule has 1 amide bonds. The Bertz CT molecular complexity index is 573. The van der Waals surface area contributed by atoms with Gasteiger partial charge in [-0.1, -0.05) is 23.7 Å². The molecule has 0 saturated heterocycles. The smallest absolute Gasteiger partial charge is 0.234 e. The summed E-state index contributed by atoms with van der Waals surface area (Å²) in [6.07, 6.45) is 0. The van der Waals surface area contributed by atoms with Gasteiger partial charge in [-0.15, -0.1) is 23.1 Å². The third kappa shape index (κ3) is 4.98. The minimum absolute atomic E-state index is 0.0248. The van der Waals surface area contributed by atoms with Crippen LogP contribution >= 0.6 is 57.3 Å². The van der Waals surface area contributed by atoms with E-state index in [1.807, 2.05) is 36.4 Å². The zero-order chi connectivity index (χ0) is 13.7. The molecule has 0 aliphatic rings. The fourth-order valence-corrected chi connectivity index (χ4v) is 3.97. The zero-order valence-electron chi connectivity index (χ0n) is 9.86. The van der Waals surface area contributed by atoms with Gasteiger partial charge in [0, 0.05) is 14.2 Å². The highest BCUT2D eigenvalue weighted by Gasteiger charge is 2.06. The van der Waals surface area contributed by atoms with Crippen molar-refractivity contribution >= 4 is 68.9 Å². The van der Waals surface area contributed by atoms with Gasteiger partial charge in [-0.3, -0.25) is 4.79 Å². The van der Waals surface area contributed by atoms with Crippen LogP contribution in [0.5, 0.6) is 0 Å². The van der Waals surface area contributed by atoms with Crippen LogP contribution in [0.3, 0.4) is 0 Å². The summed E-state index contributed by atoms with van der Waals surface area (Å²) < 4.78 is 1.84. The molecule has 0 spiro atoms. The highest BCUT2D eigenvalue weighted by molar-refractivity contribution is 14.1. The molecular formula is C13H11ClINOS2. The molecule has 6 heteroatoms. The van der Waals surface area contributed by atoms with Crippen LogP contribution in [0.1, 0.15) is 4.88 Å². The first-order valence-electron chi connectivity index (χ1n) is 5.51. The molecule has 1 heterocycles. The fourth-order valence-electron chi connectivity index (χ4n) is 1.42. The Morgan fingerprint density at radius 1 is 1.32 bits per heavy atom. The van der Waals surface area contributed by atoms with Crippen LogP contribution in [0.4, 0.5) is 5.69 Å². The van der Waals surface area contributed by atoms with Gasteiger partial charge in [-0.2, -0.15) is 0 Å². The van der Waals surface area contributed by atoms with Crippen molar-refractivity contribution < 1.29 is 4.79 Å². The standard InChI is InChI=1S/C13H11ClINOS2/c14-12-6-5-9(19-12)7-18-8-13(17)16-11-4-2-1-3-10(11)15/h1-6H,7-8H2,(H,16,17). The average molecular weight is 424 g/mol. The van der Waals surface area contributed by atoms with E-state index in [1.54, 1.807) is 23.1 Å². The molecular weight excluding hydrogens is 413 g/mol. The summed E-state index contributed by atoms with van der Waals surface area (Å²) in [5, 5.41) is 2.91. The number of hydrogen-bond donors (Lipinski definition) is 1. The molecule has 100 valence electrons. The normalized spacial score (nSPS) is 10.4. The number of benzene rings is 1. The summed E-state index contributed by atoms with van der Waals surface area (Å²) in [6, 6.07) is 11.6. The summed E-state index contributed by atoms with van der Waals surface area (Å²) in [4.78, 5) is 13.0. The van der Waals surface area contributed by atoms with Crippen molar-refractivity contribution in [3.05, 3.63) is 49.2 Å². The van der Waals surface area contributed by atoms with Gasteiger partial charge in [0.05, 0.1) is 15.8 Å². The van der Waals surface area contributed by atoms with Gasteiger partial charge < -0.3 is 5.32 Å². The third-order valence-electron chi connectivity index (χ3n) is 2.25. The number of thiophene rings is 1. The first-order valence-corrected chi connectivity index (χ1v) is 8.94. The Kier molecular flexibility index (Phi) is 6.00. The number of anilines is 1. The van der Waals surface area contributed by atoms with Crippen LogP contribution in [0.2, 0.25) is 4.34 Å². The predicted octanol–water partition coefficient (Wildman–Crippen LogP) is 4.88. The first-order chi connectivity index (χ1) is 9.15. The number of hydrogen-bond acceptors (Lipinski definition) is 3. The Balaban J connectivity index is 1.77. The van der Waals surface area contributed by atoms with Crippen LogP contribution in [0.15, 0.2) is 36.4 Å². The highest BCUT2D eigenvalue weighted by atomic mass is 127. The summed E-state index contributed by atoms with van der Waals surface area (Å²) in [5.74, 6) is 1.29. The van der Waals surface area contributed by atoms with Crippen molar-refractivity contribution in [3.8, 4) is 0 Å². The topological polar surface area (TPSA) is 29.1 Å². The van der Waals surface area contributed by atoms with E-state index in [-0.39, 0.29) is 5.91 Å². The second-order valence-electron chi connectivity index (χ2n) is 3.73. The van der Waals surface area contributed by atoms with Gasteiger partial charge in [0.1, 0.15) is 0 Å². The molecule has 0 fully saturated rings. The second kappa shape index (κ2) is 7.52. The van der Waals surface area contributed by atoms with Crippen molar-refractivity contribution in [1.82, 2.24) is 0 Å². The minimum Gasteiger partial charge on any atom is -0.324 e. The zero-order valence-corrected chi connectivity index (χ0v) is 14.4. The SMILES string of the molecule is O=C(CSCc1ccc(Cl)s1)Nc1ccccc1I. The molecule has 1 aromatic heterocycles. The minimum atomic E-state index is 0.0248. The Labute approximate surface area is 139 Å². The summed E-state index contributed by atoms with van der Waals surface area (Å²) in [6.45, 7) is 0. The van der Waals surface area contributed by atoms with Crippen LogP contribution in [-0.4, -0.2) is 11.7 Å². The number of nitrogens with one attached hydrogen (secondary N) is 1. The van der Waals surface area contributed by atoms with Crippen LogP contribution in [0, 0.1) is 3.57 Å². The van der Waals surface area contributed by atoms with E-state index in [0.29, 0.717) is 5.75 Å². The van der Waals surface area contributed by atoms with Gasteiger partial charge in [-0.25, -0.2) is 0 Å². The maximum atomic E-state index is 11.8. The van der Waals surface area contributed by atoms with Crippen molar-refractivity contribution in [3.63, 3.8) is 0 Å². The lowest BCUT2D eigenvalue weighted by atomic mass is 10.3. The molecule has 2 nitrogen and oxygen atoms in total. The monoisotopic (exact) mass is 423 g/mol. The molecule has 0 radical (unpaired) electrons. The Hall–Kier alpha value is -0.240. The number of para-hydroxylation sites is 1. The van der Waals surface area contributed by atoms with E-state index in [2.05, 4.69) is 27.9 Å². The van der Waals surface area contributed by atoms with Gasteiger partial charge in [0.2, 0.25) is 5.91 Å². The fraction of sp³-hybridized carbons (Fsp3) is 0.154. The number of halogens is 2. The predicted molar refractivity (Wildman–Crippen MR) is 93.3 cm³/mol. The molecule has 2 rings (SSSR count). The number of carbonyl (C=O) groups excluding carboxylic acids is 1. The Morgan fingerprint density at radius 2 is 2.11 bits per heavy atom. The van der Waals surface area contributed by atoms with Crippen molar-refractivity contribution in [2.75, 3.05) is 11.1 Å². The van der Waals surface area contributed by atoms with Gasteiger partial charge >= 0.3 is 0 Å². The van der Waals surface area contributed by atoms with E-state index in [9.17, 15) is 4.79 Å². The van der Waals surface area contributed by atoms with Crippen molar-refractivity contribution in [1.29, 1.82) is 0 Å². The van der Waals surface area contributed by atoms with E-state index in [4.69, 9.17) is 11.6 Å². The molecule has 0 aliphatic carbocycles. The van der Waals surface area contributed by atoms with Crippen LogP contribution in [0.25, 0.3) is 0 Å². The highest BCUT2D eigenvalue weighted by Crippen LogP contribution is 2.25.